The van der Waals surface area contributed by atoms with E-state index >= 15 is 0 Å². The Kier molecular flexibility index (Phi) is 5.68. The zero-order valence-corrected chi connectivity index (χ0v) is 19.4. The number of phenols is 1. The highest BCUT2D eigenvalue weighted by molar-refractivity contribution is 5.90. The van der Waals surface area contributed by atoms with Gasteiger partial charge in [-0.25, -0.2) is 0 Å². The minimum atomic E-state index is -0.380. The molecule has 3 N–H and O–H groups in total. The van der Waals surface area contributed by atoms with Gasteiger partial charge in [0.2, 0.25) is 11.8 Å². The van der Waals surface area contributed by atoms with Crippen molar-refractivity contribution in [3.05, 3.63) is 29.3 Å². The summed E-state index contributed by atoms with van der Waals surface area (Å²) in [4.78, 5) is 26.7. The van der Waals surface area contributed by atoms with E-state index in [0.717, 1.165) is 31.7 Å². The summed E-state index contributed by atoms with van der Waals surface area (Å²) in [6.45, 7) is 7.60. The van der Waals surface area contributed by atoms with Crippen molar-refractivity contribution in [3.63, 3.8) is 0 Å². The molecule has 2 aliphatic carbocycles. The van der Waals surface area contributed by atoms with Crippen LogP contribution in [0.1, 0.15) is 63.5 Å². The summed E-state index contributed by atoms with van der Waals surface area (Å²) < 4.78 is 0. The van der Waals surface area contributed by atoms with Crippen LogP contribution in [0, 0.1) is 17.8 Å². The fourth-order valence-electron chi connectivity index (χ4n) is 6.70. The van der Waals surface area contributed by atoms with E-state index in [1.54, 1.807) is 0 Å². The predicted octanol–water partition coefficient (Wildman–Crippen LogP) is 2.73. The highest BCUT2D eigenvalue weighted by Gasteiger charge is 2.52. The van der Waals surface area contributed by atoms with Crippen LogP contribution in [0.15, 0.2) is 18.2 Å². The Balaban J connectivity index is 1.33. The van der Waals surface area contributed by atoms with Gasteiger partial charge in [0.05, 0.1) is 0 Å². The van der Waals surface area contributed by atoms with E-state index in [0.29, 0.717) is 43.0 Å². The van der Waals surface area contributed by atoms with Crippen molar-refractivity contribution < 1.29 is 14.7 Å². The molecule has 1 aromatic rings. The van der Waals surface area contributed by atoms with Gasteiger partial charge in [-0.05, 0) is 86.1 Å². The Labute approximate surface area is 191 Å². The lowest BCUT2D eigenvalue weighted by atomic mass is 9.55. The van der Waals surface area contributed by atoms with Gasteiger partial charge in [0, 0.05) is 31.0 Å². The third kappa shape index (κ3) is 4.02. The average molecular weight is 440 g/mol. The molecule has 0 aromatic heterocycles. The van der Waals surface area contributed by atoms with E-state index in [2.05, 4.69) is 35.4 Å². The first-order valence-corrected chi connectivity index (χ1v) is 12.5. The maximum absolute atomic E-state index is 12.5. The summed E-state index contributed by atoms with van der Waals surface area (Å²) in [7, 11) is 0. The van der Waals surface area contributed by atoms with Gasteiger partial charge < -0.3 is 15.7 Å². The van der Waals surface area contributed by atoms with Crippen LogP contribution in [0.5, 0.6) is 5.75 Å². The molecule has 5 rings (SSSR count). The number of amides is 2. The second-order valence-corrected chi connectivity index (χ2v) is 11.0. The minimum absolute atomic E-state index is 0.0305. The number of hydrogen-bond donors (Lipinski definition) is 3. The monoisotopic (exact) mass is 439 g/mol. The summed E-state index contributed by atoms with van der Waals surface area (Å²) in [6.07, 6.45) is 6.95. The molecule has 0 unspecified atom stereocenters. The number of nitrogens with zero attached hydrogens (tertiary/aromatic N) is 1. The Bertz CT molecular complexity index is 898. The van der Waals surface area contributed by atoms with Crippen molar-refractivity contribution in [1.82, 2.24) is 15.5 Å². The molecular weight excluding hydrogens is 402 g/mol. The van der Waals surface area contributed by atoms with Crippen LogP contribution >= 0.6 is 0 Å². The van der Waals surface area contributed by atoms with Crippen LogP contribution in [0.3, 0.4) is 0 Å². The highest BCUT2D eigenvalue weighted by Crippen LogP contribution is 2.53. The number of carbonyl (C=O) groups excluding carboxylic acids is 2. The summed E-state index contributed by atoms with van der Waals surface area (Å²) in [5.41, 5.74) is 2.74. The molecule has 174 valence electrons. The quantitative estimate of drug-likeness (QED) is 0.610. The number of phenolic OH excluding ortho intramolecular Hbond substituents is 1. The number of carbonyl (C=O) groups is 2. The minimum Gasteiger partial charge on any atom is -0.508 e. The summed E-state index contributed by atoms with van der Waals surface area (Å²) in [6, 6.07) is 6.15. The number of nitrogens with one attached hydrogen (secondary N) is 2. The van der Waals surface area contributed by atoms with Crippen molar-refractivity contribution in [2.75, 3.05) is 19.6 Å². The first-order chi connectivity index (χ1) is 15.4. The van der Waals surface area contributed by atoms with Gasteiger partial charge in [-0.15, -0.1) is 0 Å². The molecule has 6 nitrogen and oxygen atoms in total. The van der Waals surface area contributed by atoms with E-state index in [-0.39, 0.29) is 23.3 Å². The maximum atomic E-state index is 12.5. The van der Waals surface area contributed by atoms with Crippen molar-refractivity contribution in [1.29, 1.82) is 0 Å². The molecule has 0 radical (unpaired) electrons. The van der Waals surface area contributed by atoms with Crippen molar-refractivity contribution in [2.24, 2.45) is 17.8 Å². The van der Waals surface area contributed by atoms with Crippen molar-refractivity contribution in [2.45, 2.75) is 76.3 Å². The number of fused-ring (bicyclic) bond motifs is 4. The molecule has 1 aromatic carbocycles. The van der Waals surface area contributed by atoms with Gasteiger partial charge in [-0.3, -0.25) is 14.5 Å². The lowest BCUT2D eigenvalue weighted by Crippen LogP contribution is -2.60. The van der Waals surface area contributed by atoms with Gasteiger partial charge >= 0.3 is 0 Å². The first-order valence-electron chi connectivity index (χ1n) is 12.5. The topological polar surface area (TPSA) is 81.7 Å². The molecule has 6 heteroatoms. The van der Waals surface area contributed by atoms with Crippen molar-refractivity contribution >= 4 is 11.8 Å². The summed E-state index contributed by atoms with van der Waals surface area (Å²) >= 11 is 0. The van der Waals surface area contributed by atoms with Crippen LogP contribution in [0.2, 0.25) is 0 Å². The third-order valence-electron chi connectivity index (χ3n) is 8.66. The molecule has 3 fully saturated rings. The molecule has 5 atom stereocenters. The first kappa shape index (κ1) is 21.7. The standard InChI is InChI=1S/C26H37N3O3/c1-16(14-27-25(32)22-7-8-24(31)28-22)13-26-9-10-29(15-18-3-4-18)23(17(26)2)11-19-5-6-20(30)12-21(19)26/h5-6,12,16-18,22-23,30H,3-4,7-11,13-15H2,1-2H3,(H,27,32)(H,28,31)/t16-,17+,22+,23-,26-/m1/s1. The molecule has 1 saturated carbocycles. The van der Waals surface area contributed by atoms with E-state index in [4.69, 9.17) is 0 Å². The summed E-state index contributed by atoms with van der Waals surface area (Å²) in [5.74, 6) is 1.97. The Morgan fingerprint density at radius 1 is 1.34 bits per heavy atom. The van der Waals surface area contributed by atoms with Crippen LogP contribution in [0.25, 0.3) is 0 Å². The molecule has 2 heterocycles. The van der Waals surface area contributed by atoms with Crippen LogP contribution < -0.4 is 10.6 Å². The number of hydrogen-bond acceptors (Lipinski definition) is 4. The number of rotatable bonds is 7. The third-order valence-corrected chi connectivity index (χ3v) is 8.66. The number of likely N-dealkylation sites (tertiary alicyclic amines) is 1. The number of benzene rings is 1. The molecule has 32 heavy (non-hydrogen) atoms. The normalized spacial score (nSPS) is 32.8. The Morgan fingerprint density at radius 3 is 2.88 bits per heavy atom. The van der Waals surface area contributed by atoms with Crippen molar-refractivity contribution in [3.8, 4) is 5.75 Å². The van der Waals surface area contributed by atoms with Crippen LogP contribution in [0.4, 0.5) is 0 Å². The number of piperidine rings is 1. The maximum Gasteiger partial charge on any atom is 0.242 e. The lowest BCUT2D eigenvalue weighted by Gasteiger charge is -2.57. The second-order valence-electron chi connectivity index (χ2n) is 11.0. The van der Waals surface area contributed by atoms with Crippen LogP contribution in [-0.4, -0.2) is 53.5 Å². The van der Waals surface area contributed by atoms with E-state index in [1.807, 2.05) is 12.1 Å². The SMILES string of the molecule is C[C@@H](CNC(=O)[C@@H]1CCC(=O)N1)C[C@@]12CCN(CC3CC3)[C@H](Cc3ccc(O)cc31)[C@@H]2C. The van der Waals surface area contributed by atoms with Crippen LogP contribution in [-0.2, 0) is 21.4 Å². The zero-order chi connectivity index (χ0) is 22.5. The molecule has 0 spiro atoms. The van der Waals surface area contributed by atoms with Gasteiger partial charge in [0.15, 0.2) is 0 Å². The molecule has 4 aliphatic rings. The highest BCUT2D eigenvalue weighted by atomic mass is 16.3. The van der Waals surface area contributed by atoms with Gasteiger partial charge in [-0.1, -0.05) is 19.9 Å². The van der Waals surface area contributed by atoms with Gasteiger partial charge in [0.1, 0.15) is 11.8 Å². The van der Waals surface area contributed by atoms with E-state index in [9.17, 15) is 14.7 Å². The van der Waals surface area contributed by atoms with Gasteiger partial charge in [-0.2, -0.15) is 0 Å². The summed E-state index contributed by atoms with van der Waals surface area (Å²) in [5, 5.41) is 16.2. The zero-order valence-electron chi connectivity index (χ0n) is 19.4. The smallest absolute Gasteiger partial charge is 0.242 e. The second kappa shape index (κ2) is 8.36. The predicted molar refractivity (Wildman–Crippen MR) is 123 cm³/mol. The molecular formula is C26H37N3O3. The molecule has 2 aliphatic heterocycles. The lowest BCUT2D eigenvalue weighted by molar-refractivity contribution is -0.125. The molecule has 2 bridgehead atoms. The van der Waals surface area contributed by atoms with E-state index in [1.165, 1.54) is 30.5 Å². The number of aromatic hydroxyl groups is 1. The van der Waals surface area contributed by atoms with E-state index < -0.39 is 0 Å². The Hall–Kier alpha value is -2.08. The average Bonchev–Trinajstić information content (AvgIpc) is 3.48. The molecule has 2 amide bonds. The molecule has 2 saturated heterocycles. The van der Waals surface area contributed by atoms with Gasteiger partial charge in [0.25, 0.3) is 0 Å². The largest absolute Gasteiger partial charge is 0.508 e. The fraction of sp³-hybridized carbons (Fsp3) is 0.692. The Morgan fingerprint density at radius 2 is 2.16 bits per heavy atom. The fourth-order valence-corrected chi connectivity index (χ4v) is 6.70.